The fourth-order valence-electron chi connectivity index (χ4n) is 2.94. The Balaban J connectivity index is 1.80. The molecule has 1 amide bonds. The first-order valence-electron chi connectivity index (χ1n) is 8.33. The quantitative estimate of drug-likeness (QED) is 0.620. The van der Waals surface area contributed by atoms with Crippen LogP contribution in [0.5, 0.6) is 5.75 Å². The number of H-pyrrole nitrogens is 1. The van der Waals surface area contributed by atoms with Crippen molar-refractivity contribution in [3.8, 4) is 5.75 Å². The van der Waals surface area contributed by atoms with Crippen LogP contribution in [0.3, 0.4) is 0 Å². The molecule has 3 aromatic rings. The fourth-order valence-corrected chi connectivity index (χ4v) is 3.16. The van der Waals surface area contributed by atoms with Crippen LogP contribution in [-0.2, 0) is 19.3 Å². The van der Waals surface area contributed by atoms with Gasteiger partial charge in [0.15, 0.2) is 0 Å². The first kappa shape index (κ1) is 18.0. The molecule has 134 valence electrons. The molecule has 6 heteroatoms. The molecule has 0 aliphatic heterocycles. The molecule has 0 radical (unpaired) electrons. The van der Waals surface area contributed by atoms with Gasteiger partial charge in [-0.1, -0.05) is 35.9 Å². The SMILES string of the molecule is Cc1ccc(CCc2n[nH]c(Cc3cccc(Cl)c3)c2C(N)=O)cc1O. The molecule has 0 aliphatic rings. The van der Waals surface area contributed by atoms with E-state index in [2.05, 4.69) is 10.2 Å². The lowest BCUT2D eigenvalue weighted by molar-refractivity contribution is 0.0998. The molecule has 0 bridgehead atoms. The number of nitrogens with two attached hydrogens (primary N) is 1. The topological polar surface area (TPSA) is 92.0 Å². The second-order valence-electron chi connectivity index (χ2n) is 6.32. The number of primary amides is 1. The number of aromatic nitrogens is 2. The number of nitrogens with zero attached hydrogens (tertiary/aromatic N) is 1. The number of halogens is 1. The predicted octanol–water partition coefficient (Wildman–Crippen LogP) is 3.55. The summed E-state index contributed by atoms with van der Waals surface area (Å²) >= 11 is 6.02. The van der Waals surface area contributed by atoms with Crippen LogP contribution < -0.4 is 5.73 Å². The molecule has 0 saturated heterocycles. The van der Waals surface area contributed by atoms with Crippen molar-refractivity contribution in [2.75, 3.05) is 0 Å². The normalized spacial score (nSPS) is 10.8. The van der Waals surface area contributed by atoms with E-state index in [0.717, 1.165) is 16.7 Å². The van der Waals surface area contributed by atoms with E-state index in [9.17, 15) is 9.90 Å². The van der Waals surface area contributed by atoms with Crippen molar-refractivity contribution >= 4 is 17.5 Å². The van der Waals surface area contributed by atoms with Gasteiger partial charge in [-0.25, -0.2) is 0 Å². The molecule has 1 heterocycles. The van der Waals surface area contributed by atoms with Gasteiger partial charge in [0, 0.05) is 11.4 Å². The lowest BCUT2D eigenvalue weighted by Crippen LogP contribution is -2.15. The minimum Gasteiger partial charge on any atom is -0.508 e. The van der Waals surface area contributed by atoms with Crippen molar-refractivity contribution < 1.29 is 9.90 Å². The van der Waals surface area contributed by atoms with Gasteiger partial charge in [0.25, 0.3) is 5.91 Å². The zero-order valence-electron chi connectivity index (χ0n) is 14.4. The maximum atomic E-state index is 12.0. The molecule has 0 aliphatic carbocycles. The second-order valence-corrected chi connectivity index (χ2v) is 6.75. The van der Waals surface area contributed by atoms with Gasteiger partial charge in [-0.05, 0) is 54.7 Å². The number of hydrogen-bond acceptors (Lipinski definition) is 3. The molecule has 0 saturated carbocycles. The summed E-state index contributed by atoms with van der Waals surface area (Å²) in [4.78, 5) is 12.0. The minimum absolute atomic E-state index is 0.265. The number of hydrogen-bond donors (Lipinski definition) is 3. The zero-order chi connectivity index (χ0) is 18.7. The Morgan fingerprint density at radius 2 is 2.00 bits per heavy atom. The highest BCUT2D eigenvalue weighted by Crippen LogP contribution is 2.21. The van der Waals surface area contributed by atoms with Crippen LogP contribution in [0, 0.1) is 6.92 Å². The van der Waals surface area contributed by atoms with Crippen LogP contribution in [0.2, 0.25) is 5.02 Å². The summed E-state index contributed by atoms with van der Waals surface area (Å²) in [7, 11) is 0. The van der Waals surface area contributed by atoms with Crippen LogP contribution in [0.4, 0.5) is 0 Å². The number of rotatable bonds is 6. The number of phenolic OH excluding ortho intramolecular Hbond substituents is 1. The molecule has 2 aromatic carbocycles. The number of nitrogens with one attached hydrogen (secondary N) is 1. The average Bonchev–Trinajstić information content (AvgIpc) is 2.99. The average molecular weight is 370 g/mol. The van der Waals surface area contributed by atoms with Crippen LogP contribution in [0.25, 0.3) is 0 Å². The lowest BCUT2D eigenvalue weighted by Gasteiger charge is -2.05. The fraction of sp³-hybridized carbons (Fsp3) is 0.200. The van der Waals surface area contributed by atoms with Crippen molar-refractivity contribution in [3.63, 3.8) is 0 Å². The van der Waals surface area contributed by atoms with Crippen molar-refractivity contribution in [2.45, 2.75) is 26.2 Å². The van der Waals surface area contributed by atoms with Crippen LogP contribution in [0.15, 0.2) is 42.5 Å². The first-order chi connectivity index (χ1) is 12.4. The van der Waals surface area contributed by atoms with E-state index >= 15 is 0 Å². The van der Waals surface area contributed by atoms with Crippen LogP contribution in [-0.4, -0.2) is 21.2 Å². The number of aromatic amines is 1. The molecule has 0 unspecified atom stereocenters. The number of phenols is 1. The Morgan fingerprint density at radius 3 is 2.69 bits per heavy atom. The standard InChI is InChI=1S/C20H20ClN3O2/c1-12-5-6-13(11-18(12)25)7-8-16-19(20(22)26)17(24-23-16)10-14-3-2-4-15(21)9-14/h2-6,9,11,25H,7-8,10H2,1H3,(H2,22,26)(H,23,24). The van der Waals surface area contributed by atoms with Crippen LogP contribution in [0.1, 0.15) is 38.4 Å². The molecule has 26 heavy (non-hydrogen) atoms. The summed E-state index contributed by atoms with van der Waals surface area (Å²) in [5.74, 6) is -0.237. The summed E-state index contributed by atoms with van der Waals surface area (Å²) in [6.45, 7) is 1.85. The Hall–Kier alpha value is -2.79. The summed E-state index contributed by atoms with van der Waals surface area (Å²) in [5.41, 5.74) is 10.1. The van der Waals surface area contributed by atoms with E-state index in [1.807, 2.05) is 37.3 Å². The van der Waals surface area contributed by atoms with Gasteiger partial charge in [-0.15, -0.1) is 0 Å². The molecule has 3 rings (SSSR count). The number of aryl methyl sites for hydroxylation is 3. The Labute approximate surface area is 156 Å². The summed E-state index contributed by atoms with van der Waals surface area (Å²) in [6, 6.07) is 13.0. The molecule has 4 N–H and O–H groups in total. The maximum absolute atomic E-state index is 12.0. The van der Waals surface area contributed by atoms with Gasteiger partial charge in [0.1, 0.15) is 5.75 Å². The monoisotopic (exact) mass is 369 g/mol. The van der Waals surface area contributed by atoms with E-state index < -0.39 is 5.91 Å². The molecule has 0 fully saturated rings. The molecule has 0 spiro atoms. The van der Waals surface area contributed by atoms with E-state index in [1.165, 1.54) is 0 Å². The maximum Gasteiger partial charge on any atom is 0.252 e. The number of carbonyl (C=O) groups is 1. The van der Waals surface area contributed by atoms with E-state index in [1.54, 1.807) is 12.1 Å². The van der Waals surface area contributed by atoms with E-state index in [0.29, 0.717) is 41.2 Å². The number of carbonyl (C=O) groups excluding carboxylic acids is 1. The van der Waals surface area contributed by atoms with Gasteiger partial charge in [0.2, 0.25) is 0 Å². The van der Waals surface area contributed by atoms with E-state index in [-0.39, 0.29) is 5.75 Å². The minimum atomic E-state index is -0.502. The lowest BCUT2D eigenvalue weighted by atomic mass is 10.0. The molecular formula is C20H20ClN3O2. The highest BCUT2D eigenvalue weighted by atomic mass is 35.5. The Kier molecular flexibility index (Phi) is 5.28. The predicted molar refractivity (Wildman–Crippen MR) is 102 cm³/mol. The van der Waals surface area contributed by atoms with Gasteiger partial charge in [-0.3, -0.25) is 9.89 Å². The van der Waals surface area contributed by atoms with Gasteiger partial charge < -0.3 is 10.8 Å². The van der Waals surface area contributed by atoms with Gasteiger partial charge >= 0.3 is 0 Å². The number of benzene rings is 2. The first-order valence-corrected chi connectivity index (χ1v) is 8.70. The highest BCUT2D eigenvalue weighted by molar-refractivity contribution is 6.30. The third kappa shape index (κ3) is 4.06. The largest absolute Gasteiger partial charge is 0.508 e. The number of amides is 1. The van der Waals surface area contributed by atoms with Gasteiger partial charge in [0.05, 0.1) is 17.0 Å². The summed E-state index contributed by atoms with van der Waals surface area (Å²) in [6.07, 6.45) is 1.69. The van der Waals surface area contributed by atoms with E-state index in [4.69, 9.17) is 17.3 Å². The third-order valence-electron chi connectivity index (χ3n) is 4.36. The van der Waals surface area contributed by atoms with Crippen LogP contribution >= 0.6 is 11.6 Å². The third-order valence-corrected chi connectivity index (χ3v) is 4.59. The Bertz CT molecular complexity index is 950. The Morgan fingerprint density at radius 1 is 1.19 bits per heavy atom. The summed E-state index contributed by atoms with van der Waals surface area (Å²) in [5, 5.41) is 17.7. The molecule has 0 atom stereocenters. The molecule has 1 aromatic heterocycles. The smallest absolute Gasteiger partial charge is 0.252 e. The summed E-state index contributed by atoms with van der Waals surface area (Å²) < 4.78 is 0. The molecular weight excluding hydrogens is 350 g/mol. The van der Waals surface area contributed by atoms with Gasteiger partial charge in [-0.2, -0.15) is 5.10 Å². The number of aromatic hydroxyl groups is 1. The van der Waals surface area contributed by atoms with Crippen molar-refractivity contribution in [1.82, 2.24) is 10.2 Å². The second kappa shape index (κ2) is 7.62. The highest BCUT2D eigenvalue weighted by Gasteiger charge is 2.18. The van der Waals surface area contributed by atoms with Crippen molar-refractivity contribution in [3.05, 3.63) is 81.1 Å². The zero-order valence-corrected chi connectivity index (χ0v) is 15.2. The van der Waals surface area contributed by atoms with Crippen molar-refractivity contribution in [1.29, 1.82) is 0 Å². The molecule has 5 nitrogen and oxygen atoms in total. The van der Waals surface area contributed by atoms with Crippen molar-refractivity contribution in [2.24, 2.45) is 5.73 Å².